The molecule has 0 saturated heterocycles. The lowest BCUT2D eigenvalue weighted by Gasteiger charge is -2.15. The highest BCUT2D eigenvalue weighted by atomic mass is 28.3. The SMILES string of the molecule is Cc1ccc(OCC(=O)OC[Si](C)(C)C)cc1. The molecule has 0 fully saturated rings. The summed E-state index contributed by atoms with van der Waals surface area (Å²) in [4.78, 5) is 11.4. The number of ether oxygens (including phenoxy) is 2. The molecule has 0 unspecified atom stereocenters. The maximum Gasteiger partial charge on any atom is 0.343 e. The number of carbonyl (C=O) groups excluding carboxylic acids is 1. The van der Waals surface area contributed by atoms with Crippen LogP contribution in [0.5, 0.6) is 5.75 Å². The van der Waals surface area contributed by atoms with Crippen LogP contribution < -0.4 is 4.74 Å². The van der Waals surface area contributed by atoms with Gasteiger partial charge in [-0.25, -0.2) is 4.79 Å². The van der Waals surface area contributed by atoms with Gasteiger partial charge in [0.2, 0.25) is 0 Å². The molecule has 94 valence electrons. The van der Waals surface area contributed by atoms with Crippen molar-refractivity contribution in [3.05, 3.63) is 29.8 Å². The molecule has 1 aromatic rings. The molecule has 0 bridgehead atoms. The van der Waals surface area contributed by atoms with Crippen LogP contribution in [-0.4, -0.2) is 26.9 Å². The first kappa shape index (κ1) is 13.8. The molecule has 0 aliphatic carbocycles. The predicted octanol–water partition coefficient (Wildman–Crippen LogP) is 2.79. The summed E-state index contributed by atoms with van der Waals surface area (Å²) in [7, 11) is -1.33. The smallest absolute Gasteiger partial charge is 0.343 e. The minimum absolute atomic E-state index is 0.0203. The average molecular weight is 252 g/mol. The Morgan fingerprint density at radius 1 is 1.18 bits per heavy atom. The number of hydrogen-bond acceptors (Lipinski definition) is 3. The monoisotopic (exact) mass is 252 g/mol. The van der Waals surface area contributed by atoms with Crippen molar-refractivity contribution < 1.29 is 14.3 Å². The Hall–Kier alpha value is -1.29. The van der Waals surface area contributed by atoms with E-state index >= 15 is 0 Å². The molecule has 0 aliphatic rings. The van der Waals surface area contributed by atoms with Gasteiger partial charge < -0.3 is 9.47 Å². The lowest BCUT2D eigenvalue weighted by molar-refractivity contribution is -0.144. The Kier molecular flexibility index (Phi) is 4.75. The van der Waals surface area contributed by atoms with Crippen molar-refractivity contribution in [2.24, 2.45) is 0 Å². The van der Waals surface area contributed by atoms with Crippen molar-refractivity contribution in [3.63, 3.8) is 0 Å². The second kappa shape index (κ2) is 5.86. The second-order valence-electron chi connectivity index (χ2n) is 5.32. The van der Waals surface area contributed by atoms with E-state index in [2.05, 4.69) is 19.6 Å². The fraction of sp³-hybridized carbons (Fsp3) is 0.462. The Morgan fingerprint density at radius 3 is 2.29 bits per heavy atom. The van der Waals surface area contributed by atoms with Crippen LogP contribution >= 0.6 is 0 Å². The molecule has 0 atom stereocenters. The van der Waals surface area contributed by atoms with Crippen molar-refractivity contribution in [1.29, 1.82) is 0 Å². The zero-order valence-electron chi connectivity index (χ0n) is 10.9. The van der Waals surface area contributed by atoms with Gasteiger partial charge in [-0.3, -0.25) is 0 Å². The summed E-state index contributed by atoms with van der Waals surface area (Å²) >= 11 is 0. The molecule has 0 aliphatic heterocycles. The van der Waals surface area contributed by atoms with Gasteiger partial charge >= 0.3 is 5.97 Å². The normalized spacial score (nSPS) is 11.1. The fourth-order valence-electron chi connectivity index (χ4n) is 1.12. The van der Waals surface area contributed by atoms with Gasteiger partial charge in [0.1, 0.15) is 5.75 Å². The van der Waals surface area contributed by atoms with E-state index in [9.17, 15) is 4.79 Å². The van der Waals surface area contributed by atoms with E-state index in [1.165, 1.54) is 5.56 Å². The van der Waals surface area contributed by atoms with Gasteiger partial charge in [0.05, 0.1) is 14.3 Å². The maximum atomic E-state index is 11.4. The van der Waals surface area contributed by atoms with Gasteiger partial charge in [-0.2, -0.15) is 0 Å². The van der Waals surface area contributed by atoms with Gasteiger partial charge in [-0.05, 0) is 19.1 Å². The summed E-state index contributed by atoms with van der Waals surface area (Å²) < 4.78 is 10.5. The van der Waals surface area contributed by atoms with Gasteiger partial charge in [-0.15, -0.1) is 0 Å². The third-order valence-electron chi connectivity index (χ3n) is 2.04. The molecule has 0 amide bonds. The standard InChI is InChI=1S/C13H20O3Si/c1-11-5-7-12(8-6-11)15-9-13(14)16-10-17(2,3)4/h5-8H,9-10H2,1-4H3. The number of carbonyl (C=O) groups is 1. The van der Waals surface area contributed by atoms with E-state index in [-0.39, 0.29) is 12.6 Å². The van der Waals surface area contributed by atoms with Crippen molar-refractivity contribution >= 4 is 14.0 Å². The number of rotatable bonds is 5. The molecular formula is C13H20O3Si. The molecule has 0 radical (unpaired) electrons. The zero-order valence-corrected chi connectivity index (χ0v) is 11.9. The first-order chi connectivity index (χ1) is 7.87. The van der Waals surface area contributed by atoms with Crippen molar-refractivity contribution in [3.8, 4) is 5.75 Å². The number of aryl methyl sites for hydroxylation is 1. The number of hydrogen-bond donors (Lipinski definition) is 0. The van der Waals surface area contributed by atoms with Crippen molar-refractivity contribution in [1.82, 2.24) is 0 Å². The van der Waals surface area contributed by atoms with Crippen LogP contribution in [0, 0.1) is 6.92 Å². The van der Waals surface area contributed by atoms with Crippen LogP contribution in [0.25, 0.3) is 0 Å². The molecule has 4 heteroatoms. The van der Waals surface area contributed by atoms with E-state index in [4.69, 9.17) is 9.47 Å². The summed E-state index contributed by atoms with van der Waals surface area (Å²) in [6.07, 6.45) is 0.545. The van der Waals surface area contributed by atoms with Gasteiger partial charge in [0, 0.05) is 0 Å². The van der Waals surface area contributed by atoms with Crippen molar-refractivity contribution in [2.75, 3.05) is 12.8 Å². The zero-order chi connectivity index (χ0) is 12.9. The van der Waals surface area contributed by atoms with E-state index in [1.807, 2.05) is 31.2 Å². The summed E-state index contributed by atoms with van der Waals surface area (Å²) in [5.41, 5.74) is 1.17. The molecule has 3 nitrogen and oxygen atoms in total. The van der Waals surface area contributed by atoms with Crippen LogP contribution in [0.4, 0.5) is 0 Å². The fourth-order valence-corrected chi connectivity index (χ4v) is 1.71. The molecular weight excluding hydrogens is 232 g/mol. The second-order valence-corrected chi connectivity index (χ2v) is 10.7. The molecule has 0 aromatic heterocycles. The highest BCUT2D eigenvalue weighted by Crippen LogP contribution is 2.11. The predicted molar refractivity (Wildman–Crippen MR) is 71.0 cm³/mol. The van der Waals surface area contributed by atoms with Gasteiger partial charge in [0.25, 0.3) is 0 Å². The van der Waals surface area contributed by atoms with Crippen LogP contribution in [0.3, 0.4) is 0 Å². The summed E-state index contributed by atoms with van der Waals surface area (Å²) in [6, 6.07) is 7.59. The van der Waals surface area contributed by atoms with E-state index in [0.29, 0.717) is 12.0 Å². The summed E-state index contributed by atoms with van der Waals surface area (Å²) in [5.74, 6) is 0.397. The third kappa shape index (κ3) is 6.11. The first-order valence-corrected chi connectivity index (χ1v) is 9.43. The summed E-state index contributed by atoms with van der Waals surface area (Å²) in [6.45, 7) is 8.45. The average Bonchev–Trinajstić information content (AvgIpc) is 2.25. The molecule has 1 rings (SSSR count). The Bertz CT molecular complexity index is 365. The van der Waals surface area contributed by atoms with Crippen LogP contribution in [0.2, 0.25) is 19.6 Å². The Morgan fingerprint density at radius 2 is 1.76 bits per heavy atom. The highest BCUT2D eigenvalue weighted by Gasteiger charge is 2.16. The van der Waals surface area contributed by atoms with Crippen molar-refractivity contribution in [2.45, 2.75) is 26.6 Å². The molecule has 1 aromatic carbocycles. The maximum absolute atomic E-state index is 11.4. The number of esters is 1. The summed E-state index contributed by atoms with van der Waals surface area (Å²) in [5, 5.41) is 0. The first-order valence-electron chi connectivity index (χ1n) is 5.72. The van der Waals surface area contributed by atoms with Crippen LogP contribution in [-0.2, 0) is 9.53 Å². The van der Waals surface area contributed by atoms with E-state index in [0.717, 1.165) is 0 Å². The minimum Gasteiger partial charge on any atom is -0.482 e. The van der Waals surface area contributed by atoms with Crippen LogP contribution in [0.15, 0.2) is 24.3 Å². The Labute approximate surface area is 104 Å². The molecule has 0 heterocycles. The molecule has 17 heavy (non-hydrogen) atoms. The van der Waals surface area contributed by atoms with Gasteiger partial charge in [-0.1, -0.05) is 37.3 Å². The topological polar surface area (TPSA) is 35.5 Å². The lowest BCUT2D eigenvalue weighted by atomic mass is 10.2. The van der Waals surface area contributed by atoms with E-state index in [1.54, 1.807) is 0 Å². The van der Waals surface area contributed by atoms with Crippen LogP contribution in [0.1, 0.15) is 5.56 Å². The lowest BCUT2D eigenvalue weighted by Crippen LogP contribution is -2.31. The third-order valence-corrected chi connectivity index (χ3v) is 3.05. The quantitative estimate of drug-likeness (QED) is 0.597. The molecule has 0 saturated carbocycles. The largest absolute Gasteiger partial charge is 0.482 e. The minimum atomic E-state index is -1.33. The molecule has 0 spiro atoms. The number of benzene rings is 1. The van der Waals surface area contributed by atoms with E-state index < -0.39 is 8.07 Å². The highest BCUT2D eigenvalue weighted by molar-refractivity contribution is 6.76. The molecule has 0 N–H and O–H groups in total. The Balaban J connectivity index is 2.31. The van der Waals surface area contributed by atoms with Gasteiger partial charge in [0.15, 0.2) is 6.61 Å².